The van der Waals surface area contributed by atoms with Crippen LogP contribution in [-0.4, -0.2) is 30.9 Å². The van der Waals surface area contributed by atoms with Gasteiger partial charge in [-0.05, 0) is 59.2 Å². The molecule has 0 saturated heterocycles. The molecule has 0 fully saturated rings. The van der Waals surface area contributed by atoms with E-state index in [1.165, 1.54) is 0 Å². The van der Waals surface area contributed by atoms with Crippen molar-refractivity contribution in [2.24, 2.45) is 0 Å². The summed E-state index contributed by atoms with van der Waals surface area (Å²) in [6, 6.07) is 15.3. The number of carbonyl (C=O) groups excluding carboxylic acids is 2. The van der Waals surface area contributed by atoms with Gasteiger partial charge in [0.1, 0.15) is 36.7 Å². The Labute approximate surface area is 187 Å². The van der Waals surface area contributed by atoms with Crippen LogP contribution in [0, 0.1) is 0 Å². The zero-order chi connectivity index (χ0) is 22.9. The highest BCUT2D eigenvalue weighted by Crippen LogP contribution is 2.37. The summed E-state index contributed by atoms with van der Waals surface area (Å²) < 4.78 is 11.7. The molecule has 3 rings (SSSR count). The molecule has 0 saturated carbocycles. The lowest BCUT2D eigenvalue weighted by atomic mass is 9.89. The van der Waals surface area contributed by atoms with E-state index in [-0.39, 0.29) is 12.4 Å². The second kappa shape index (κ2) is 10.8. The van der Waals surface area contributed by atoms with Crippen molar-refractivity contribution in [3.63, 3.8) is 0 Å². The molecule has 5 heteroatoms. The molecule has 32 heavy (non-hydrogen) atoms. The molecule has 0 aromatic heterocycles. The van der Waals surface area contributed by atoms with Crippen molar-refractivity contribution >= 4 is 12.6 Å². The molecule has 0 bridgehead atoms. The molecule has 0 spiro atoms. The molecule has 0 radical (unpaired) electrons. The van der Waals surface area contributed by atoms with Crippen molar-refractivity contribution in [3.8, 4) is 28.4 Å². The van der Waals surface area contributed by atoms with Crippen LogP contribution in [0.3, 0.4) is 0 Å². The fourth-order valence-electron chi connectivity index (χ4n) is 3.46. The minimum atomic E-state index is 0.126. The van der Waals surface area contributed by atoms with Crippen molar-refractivity contribution in [1.82, 2.24) is 0 Å². The minimum Gasteiger partial charge on any atom is -0.508 e. The Hall–Kier alpha value is -4.12. The molecule has 0 aliphatic rings. The third-order valence-electron chi connectivity index (χ3n) is 4.89. The first-order chi connectivity index (χ1) is 15.6. The molecule has 0 unspecified atom stereocenters. The molecular formula is C27H24O5. The van der Waals surface area contributed by atoms with Crippen LogP contribution >= 0.6 is 0 Å². The summed E-state index contributed by atoms with van der Waals surface area (Å²) in [6.45, 7) is 7.99. The van der Waals surface area contributed by atoms with Crippen LogP contribution in [-0.2, 0) is 6.42 Å². The predicted molar refractivity (Wildman–Crippen MR) is 125 cm³/mol. The maximum atomic E-state index is 11.9. The third-order valence-corrected chi connectivity index (χ3v) is 4.89. The average Bonchev–Trinajstić information content (AvgIpc) is 2.82. The molecule has 0 atom stereocenters. The molecule has 1 N–H and O–H groups in total. The summed E-state index contributed by atoms with van der Waals surface area (Å²) in [7, 11) is 0. The van der Waals surface area contributed by atoms with Gasteiger partial charge in [0.05, 0.1) is 0 Å². The highest BCUT2D eigenvalue weighted by Gasteiger charge is 2.19. The number of aromatic hydroxyl groups is 1. The second-order valence-electron chi connectivity index (χ2n) is 7.03. The van der Waals surface area contributed by atoms with E-state index in [1.807, 2.05) is 0 Å². The molecule has 0 heterocycles. The third kappa shape index (κ3) is 5.13. The Balaban J connectivity index is 2.22. The predicted octanol–water partition coefficient (Wildman–Crippen LogP) is 5.40. The standard InChI is InChI=1S/C27H24O5/c1-3-13-31-25-11-5-19(17-28)15-22(25)16-24-26(32-14-4-2)12-8-21(18-29)27(24)20-6-9-23(30)10-7-20/h3-12,15,17-18,30H,1-2,13-14,16H2. The van der Waals surface area contributed by atoms with Gasteiger partial charge in [0.2, 0.25) is 0 Å². The number of hydrogen-bond donors (Lipinski definition) is 1. The van der Waals surface area contributed by atoms with Crippen molar-refractivity contribution < 1.29 is 24.2 Å². The van der Waals surface area contributed by atoms with Crippen LogP contribution in [0.1, 0.15) is 31.8 Å². The summed E-state index contributed by atoms with van der Waals surface area (Å²) in [5.41, 5.74) is 3.96. The van der Waals surface area contributed by atoms with Crippen LogP contribution in [0.15, 0.2) is 79.9 Å². The summed E-state index contributed by atoms with van der Waals surface area (Å²) in [5.74, 6) is 1.32. The monoisotopic (exact) mass is 428 g/mol. The quantitative estimate of drug-likeness (QED) is 0.327. The van der Waals surface area contributed by atoms with E-state index in [2.05, 4.69) is 13.2 Å². The van der Waals surface area contributed by atoms with Crippen LogP contribution in [0.25, 0.3) is 11.1 Å². The average molecular weight is 428 g/mol. The first-order valence-electron chi connectivity index (χ1n) is 10.1. The highest BCUT2D eigenvalue weighted by molar-refractivity contribution is 5.90. The number of rotatable bonds is 11. The van der Waals surface area contributed by atoms with Crippen molar-refractivity contribution in [1.29, 1.82) is 0 Å². The smallest absolute Gasteiger partial charge is 0.150 e. The fourth-order valence-corrected chi connectivity index (χ4v) is 3.46. The minimum absolute atomic E-state index is 0.126. The molecular weight excluding hydrogens is 404 g/mol. The number of benzene rings is 3. The molecule has 5 nitrogen and oxygen atoms in total. The van der Waals surface area contributed by atoms with E-state index in [0.717, 1.165) is 29.3 Å². The molecule has 0 amide bonds. The van der Waals surface area contributed by atoms with E-state index in [1.54, 1.807) is 66.7 Å². The second-order valence-corrected chi connectivity index (χ2v) is 7.03. The van der Waals surface area contributed by atoms with E-state index in [4.69, 9.17) is 9.47 Å². The number of hydrogen-bond acceptors (Lipinski definition) is 5. The first kappa shape index (κ1) is 22.6. The number of ether oxygens (including phenoxy) is 2. The Morgan fingerprint density at radius 2 is 1.47 bits per heavy atom. The zero-order valence-corrected chi connectivity index (χ0v) is 17.6. The lowest BCUT2D eigenvalue weighted by Crippen LogP contribution is -2.05. The number of phenolic OH excluding ortho intramolecular Hbond substituents is 1. The Morgan fingerprint density at radius 1 is 0.812 bits per heavy atom. The lowest BCUT2D eigenvalue weighted by Gasteiger charge is -2.19. The SMILES string of the molecule is C=CCOc1ccc(C=O)cc1Cc1c(OCC=C)ccc(C=O)c1-c1ccc(O)cc1. The van der Waals surface area contributed by atoms with Crippen LogP contribution in [0.4, 0.5) is 0 Å². The maximum Gasteiger partial charge on any atom is 0.150 e. The van der Waals surface area contributed by atoms with Crippen LogP contribution in [0.5, 0.6) is 17.2 Å². The molecule has 0 aliphatic heterocycles. The molecule has 3 aromatic rings. The van der Waals surface area contributed by atoms with Crippen molar-refractivity contribution in [2.45, 2.75) is 6.42 Å². The van der Waals surface area contributed by atoms with Gasteiger partial charge in [-0.2, -0.15) is 0 Å². The fraction of sp³-hybridized carbons (Fsp3) is 0.111. The normalized spacial score (nSPS) is 10.2. The van der Waals surface area contributed by atoms with Crippen molar-refractivity contribution in [3.05, 3.63) is 102 Å². The molecule has 0 aliphatic carbocycles. The van der Waals surface area contributed by atoms with Gasteiger partial charge in [-0.15, -0.1) is 0 Å². The summed E-state index contributed by atoms with van der Waals surface area (Å²) in [6.07, 6.45) is 5.20. The Bertz CT molecular complexity index is 1130. The van der Waals surface area contributed by atoms with E-state index >= 15 is 0 Å². The maximum absolute atomic E-state index is 11.9. The van der Waals surface area contributed by atoms with Gasteiger partial charge in [-0.25, -0.2) is 0 Å². The lowest BCUT2D eigenvalue weighted by molar-refractivity contribution is 0.111. The highest BCUT2D eigenvalue weighted by atomic mass is 16.5. The number of phenols is 1. The Morgan fingerprint density at radius 3 is 2.09 bits per heavy atom. The summed E-state index contributed by atoms with van der Waals surface area (Å²) >= 11 is 0. The van der Waals surface area contributed by atoms with E-state index in [0.29, 0.717) is 41.2 Å². The van der Waals surface area contributed by atoms with Gasteiger partial charge in [0, 0.05) is 23.1 Å². The van der Waals surface area contributed by atoms with Crippen LogP contribution < -0.4 is 9.47 Å². The summed E-state index contributed by atoms with van der Waals surface area (Å²) in [5, 5.41) is 9.72. The number of carbonyl (C=O) groups is 2. The zero-order valence-electron chi connectivity index (χ0n) is 17.6. The van der Waals surface area contributed by atoms with Gasteiger partial charge in [-0.1, -0.05) is 37.4 Å². The van der Waals surface area contributed by atoms with E-state index < -0.39 is 0 Å². The van der Waals surface area contributed by atoms with E-state index in [9.17, 15) is 14.7 Å². The van der Waals surface area contributed by atoms with Gasteiger partial charge in [0.15, 0.2) is 6.29 Å². The van der Waals surface area contributed by atoms with Gasteiger partial charge < -0.3 is 14.6 Å². The molecule has 3 aromatic carbocycles. The largest absolute Gasteiger partial charge is 0.508 e. The summed E-state index contributed by atoms with van der Waals surface area (Å²) in [4.78, 5) is 23.3. The van der Waals surface area contributed by atoms with Crippen LogP contribution in [0.2, 0.25) is 0 Å². The van der Waals surface area contributed by atoms with Gasteiger partial charge >= 0.3 is 0 Å². The first-order valence-corrected chi connectivity index (χ1v) is 10.1. The topological polar surface area (TPSA) is 72.8 Å². The Kier molecular flexibility index (Phi) is 7.60. The van der Waals surface area contributed by atoms with Gasteiger partial charge in [-0.3, -0.25) is 9.59 Å². The van der Waals surface area contributed by atoms with Crippen molar-refractivity contribution in [2.75, 3.05) is 13.2 Å². The van der Waals surface area contributed by atoms with Gasteiger partial charge in [0.25, 0.3) is 0 Å². The molecule has 162 valence electrons. The number of aldehydes is 2.